The van der Waals surface area contributed by atoms with Crippen LogP contribution in [0.2, 0.25) is 0 Å². The van der Waals surface area contributed by atoms with Crippen molar-refractivity contribution in [1.82, 2.24) is 14.9 Å². The van der Waals surface area contributed by atoms with E-state index in [4.69, 9.17) is 4.74 Å². The number of carbonyl (C=O) groups is 1. The number of ether oxygens (including phenoxy) is 1. The molecule has 1 aliphatic rings. The van der Waals surface area contributed by atoms with Crippen LogP contribution >= 0.6 is 0 Å². The summed E-state index contributed by atoms with van der Waals surface area (Å²) in [5, 5.41) is 0. The molecule has 5 nitrogen and oxygen atoms in total. The van der Waals surface area contributed by atoms with Crippen LogP contribution in [0.15, 0.2) is 36.7 Å². The average Bonchev–Trinajstić information content (AvgIpc) is 2.62. The lowest BCUT2D eigenvalue weighted by molar-refractivity contribution is -0.131. The van der Waals surface area contributed by atoms with Gasteiger partial charge in [0.2, 0.25) is 5.91 Å². The topological polar surface area (TPSA) is 55.3 Å². The van der Waals surface area contributed by atoms with E-state index in [1.54, 1.807) is 13.3 Å². The number of likely N-dealkylation sites (tertiary alicyclic amines) is 1. The lowest BCUT2D eigenvalue weighted by atomic mass is 9.94. The first kappa shape index (κ1) is 16.4. The number of aromatic nitrogens is 2. The van der Waals surface area contributed by atoms with Crippen molar-refractivity contribution in [3.05, 3.63) is 53.6 Å². The van der Waals surface area contributed by atoms with E-state index >= 15 is 0 Å². The van der Waals surface area contributed by atoms with Crippen molar-refractivity contribution in [2.24, 2.45) is 0 Å². The van der Waals surface area contributed by atoms with Crippen LogP contribution in [0.1, 0.15) is 35.7 Å². The minimum absolute atomic E-state index is 0.143. The zero-order chi connectivity index (χ0) is 16.9. The van der Waals surface area contributed by atoms with Crippen LogP contribution in [0.25, 0.3) is 0 Å². The Morgan fingerprint density at radius 2 is 2.17 bits per heavy atom. The monoisotopic (exact) mass is 325 g/mol. The Kier molecular flexibility index (Phi) is 5.08. The summed E-state index contributed by atoms with van der Waals surface area (Å²) in [6.07, 6.45) is 6.01. The van der Waals surface area contributed by atoms with Crippen LogP contribution in [-0.2, 0) is 11.2 Å². The van der Waals surface area contributed by atoms with E-state index in [9.17, 15) is 4.79 Å². The van der Waals surface area contributed by atoms with Crippen molar-refractivity contribution in [3.8, 4) is 5.75 Å². The van der Waals surface area contributed by atoms with Gasteiger partial charge in [-0.15, -0.1) is 0 Å². The van der Waals surface area contributed by atoms with Gasteiger partial charge in [0, 0.05) is 37.0 Å². The largest absolute Gasteiger partial charge is 0.496 e. The third kappa shape index (κ3) is 3.72. The Balaban J connectivity index is 1.69. The molecule has 0 aliphatic carbocycles. The summed E-state index contributed by atoms with van der Waals surface area (Å²) in [7, 11) is 1.64. The lowest BCUT2D eigenvalue weighted by Gasteiger charge is -2.32. The average molecular weight is 325 g/mol. The summed E-state index contributed by atoms with van der Waals surface area (Å²) in [4.78, 5) is 23.5. The molecule has 0 N–H and O–H groups in total. The number of aryl methyl sites for hydroxylation is 1. The number of para-hydroxylation sites is 1. The number of methoxy groups -OCH3 is 1. The quantitative estimate of drug-likeness (QED) is 0.867. The summed E-state index contributed by atoms with van der Waals surface area (Å²) < 4.78 is 5.35. The normalized spacial score (nSPS) is 17.6. The summed E-state index contributed by atoms with van der Waals surface area (Å²) in [5.41, 5.74) is 2.84. The smallest absolute Gasteiger partial charge is 0.227 e. The van der Waals surface area contributed by atoms with Gasteiger partial charge in [0.1, 0.15) is 5.75 Å². The molecule has 0 saturated carbocycles. The maximum Gasteiger partial charge on any atom is 0.227 e. The molecule has 2 aromatic rings. The van der Waals surface area contributed by atoms with Gasteiger partial charge in [0.15, 0.2) is 0 Å². The molecule has 0 unspecified atom stereocenters. The molecule has 5 heteroatoms. The van der Waals surface area contributed by atoms with Gasteiger partial charge in [-0.2, -0.15) is 0 Å². The van der Waals surface area contributed by atoms with Gasteiger partial charge < -0.3 is 9.64 Å². The zero-order valence-corrected chi connectivity index (χ0v) is 14.2. The Labute approximate surface area is 142 Å². The number of amides is 1. The summed E-state index contributed by atoms with van der Waals surface area (Å²) in [5.74, 6) is 1.18. The van der Waals surface area contributed by atoms with Crippen molar-refractivity contribution in [3.63, 3.8) is 0 Å². The number of nitrogens with zero attached hydrogens (tertiary/aromatic N) is 3. The molecule has 1 saturated heterocycles. The molecule has 1 aromatic carbocycles. The Hall–Kier alpha value is -2.43. The first-order valence-electron chi connectivity index (χ1n) is 8.35. The van der Waals surface area contributed by atoms with Crippen molar-refractivity contribution in [2.75, 3.05) is 20.2 Å². The molecule has 24 heavy (non-hydrogen) atoms. The molecule has 1 aliphatic heterocycles. The molecule has 0 spiro atoms. The SMILES string of the molecule is COc1ccccc1CC(=O)N1CCC[C@@H](c2cncc(C)n2)C1. The van der Waals surface area contributed by atoms with Gasteiger partial charge in [0.05, 0.1) is 24.9 Å². The minimum Gasteiger partial charge on any atom is -0.496 e. The van der Waals surface area contributed by atoms with E-state index in [0.29, 0.717) is 13.0 Å². The van der Waals surface area contributed by atoms with Gasteiger partial charge in [0.25, 0.3) is 0 Å². The molecular formula is C19H23N3O2. The Morgan fingerprint density at radius 3 is 2.96 bits per heavy atom. The second kappa shape index (κ2) is 7.43. The predicted molar refractivity (Wildman–Crippen MR) is 92.0 cm³/mol. The summed E-state index contributed by atoms with van der Waals surface area (Å²) in [6, 6.07) is 7.70. The van der Waals surface area contributed by atoms with Crippen molar-refractivity contribution >= 4 is 5.91 Å². The zero-order valence-electron chi connectivity index (χ0n) is 14.2. The number of hydrogen-bond donors (Lipinski definition) is 0. The van der Waals surface area contributed by atoms with Crippen LogP contribution in [0.4, 0.5) is 0 Å². The molecule has 1 amide bonds. The van der Waals surface area contributed by atoms with Crippen molar-refractivity contribution in [1.29, 1.82) is 0 Å². The number of hydrogen-bond acceptors (Lipinski definition) is 4. The molecule has 126 valence electrons. The first-order chi connectivity index (χ1) is 11.7. The summed E-state index contributed by atoms with van der Waals surface area (Å²) in [6.45, 7) is 3.47. The number of rotatable bonds is 4. The fraction of sp³-hybridized carbons (Fsp3) is 0.421. The van der Waals surface area contributed by atoms with Gasteiger partial charge >= 0.3 is 0 Å². The molecule has 1 fully saturated rings. The van der Waals surface area contributed by atoms with E-state index in [1.807, 2.05) is 42.3 Å². The highest BCUT2D eigenvalue weighted by Gasteiger charge is 2.26. The van der Waals surface area contributed by atoms with Gasteiger partial charge in [-0.25, -0.2) is 0 Å². The number of benzene rings is 1. The van der Waals surface area contributed by atoms with E-state index in [0.717, 1.165) is 42.1 Å². The second-order valence-corrected chi connectivity index (χ2v) is 6.25. The fourth-order valence-electron chi connectivity index (χ4n) is 3.25. The van der Waals surface area contributed by atoms with Crippen LogP contribution < -0.4 is 4.74 Å². The highest BCUT2D eigenvalue weighted by molar-refractivity contribution is 5.79. The molecule has 3 rings (SSSR count). The second-order valence-electron chi connectivity index (χ2n) is 6.25. The molecule has 1 atom stereocenters. The molecule has 2 heterocycles. The third-order valence-electron chi connectivity index (χ3n) is 4.50. The van der Waals surface area contributed by atoms with Crippen LogP contribution in [0.5, 0.6) is 5.75 Å². The van der Waals surface area contributed by atoms with Gasteiger partial charge in [-0.3, -0.25) is 14.8 Å². The molecular weight excluding hydrogens is 302 g/mol. The van der Waals surface area contributed by atoms with Gasteiger partial charge in [-0.05, 0) is 25.8 Å². The van der Waals surface area contributed by atoms with Crippen molar-refractivity contribution in [2.45, 2.75) is 32.1 Å². The predicted octanol–water partition coefficient (Wildman–Crippen LogP) is 2.74. The molecule has 1 aromatic heterocycles. The molecule has 0 bridgehead atoms. The third-order valence-corrected chi connectivity index (χ3v) is 4.50. The highest BCUT2D eigenvalue weighted by atomic mass is 16.5. The maximum absolute atomic E-state index is 12.7. The molecule has 0 radical (unpaired) electrons. The van der Waals surface area contributed by atoms with E-state index in [1.165, 1.54) is 0 Å². The highest BCUT2D eigenvalue weighted by Crippen LogP contribution is 2.26. The number of piperidine rings is 1. The lowest BCUT2D eigenvalue weighted by Crippen LogP contribution is -2.40. The Bertz CT molecular complexity index is 717. The number of carbonyl (C=O) groups excluding carboxylic acids is 1. The van der Waals surface area contributed by atoms with Crippen LogP contribution in [0.3, 0.4) is 0 Å². The van der Waals surface area contributed by atoms with E-state index in [-0.39, 0.29) is 11.8 Å². The van der Waals surface area contributed by atoms with Crippen LogP contribution in [-0.4, -0.2) is 41.0 Å². The van der Waals surface area contributed by atoms with Gasteiger partial charge in [-0.1, -0.05) is 18.2 Å². The van der Waals surface area contributed by atoms with Crippen LogP contribution in [0, 0.1) is 6.92 Å². The fourth-order valence-corrected chi connectivity index (χ4v) is 3.25. The minimum atomic E-state index is 0.143. The summed E-state index contributed by atoms with van der Waals surface area (Å²) >= 11 is 0. The maximum atomic E-state index is 12.7. The Morgan fingerprint density at radius 1 is 1.33 bits per heavy atom. The van der Waals surface area contributed by atoms with Crippen molar-refractivity contribution < 1.29 is 9.53 Å². The standard InChI is InChI=1S/C19H23N3O2/c1-14-11-20-12-17(21-14)16-7-5-9-22(13-16)19(23)10-15-6-3-4-8-18(15)24-2/h3-4,6,8,11-12,16H,5,7,9-10,13H2,1-2H3/t16-/m1/s1. The van der Waals surface area contributed by atoms with E-state index < -0.39 is 0 Å². The first-order valence-corrected chi connectivity index (χ1v) is 8.35. The van der Waals surface area contributed by atoms with E-state index in [2.05, 4.69) is 9.97 Å².